The van der Waals surface area contributed by atoms with Crippen LogP contribution in [0.2, 0.25) is 0 Å². The highest BCUT2D eigenvalue weighted by atomic mass is 19.1. The fourth-order valence-corrected chi connectivity index (χ4v) is 5.53. The molecule has 0 unspecified atom stereocenters. The SMILES string of the molecule is COc1cc2ncc(-c3cnn(-c4cc(C(N)=O)c(F)cc4C)c3)n2cc1N1CC2(CN(C)C2)C1. The Morgan fingerprint density at radius 2 is 1.89 bits per heavy atom. The second-order valence-electron chi connectivity index (χ2n) is 9.78. The predicted molar refractivity (Wildman–Crippen MR) is 130 cm³/mol. The topological polar surface area (TPSA) is 93.9 Å². The third-order valence-electron chi connectivity index (χ3n) is 7.09. The van der Waals surface area contributed by atoms with Crippen LogP contribution in [0.3, 0.4) is 0 Å². The van der Waals surface area contributed by atoms with Crippen LogP contribution in [0.1, 0.15) is 15.9 Å². The Hall–Kier alpha value is -3.92. The smallest absolute Gasteiger partial charge is 0.251 e. The largest absolute Gasteiger partial charge is 0.494 e. The summed E-state index contributed by atoms with van der Waals surface area (Å²) in [6.07, 6.45) is 7.42. The Bertz CT molecular complexity index is 1480. The summed E-state index contributed by atoms with van der Waals surface area (Å²) in [4.78, 5) is 20.9. The molecule has 6 rings (SSSR count). The summed E-state index contributed by atoms with van der Waals surface area (Å²) >= 11 is 0. The molecule has 35 heavy (non-hydrogen) atoms. The highest BCUT2D eigenvalue weighted by molar-refractivity contribution is 5.93. The number of rotatable bonds is 5. The van der Waals surface area contributed by atoms with E-state index in [-0.39, 0.29) is 5.56 Å². The zero-order valence-electron chi connectivity index (χ0n) is 19.8. The van der Waals surface area contributed by atoms with Crippen LogP contribution in [0.5, 0.6) is 5.75 Å². The summed E-state index contributed by atoms with van der Waals surface area (Å²) < 4.78 is 23.5. The normalized spacial score (nSPS) is 17.0. The van der Waals surface area contributed by atoms with Gasteiger partial charge in [0.05, 0.1) is 42.1 Å². The van der Waals surface area contributed by atoms with Gasteiger partial charge in [0.1, 0.15) is 17.2 Å². The monoisotopic (exact) mass is 475 g/mol. The average molecular weight is 476 g/mol. The number of imidazole rings is 1. The van der Waals surface area contributed by atoms with Crippen molar-refractivity contribution in [1.82, 2.24) is 24.1 Å². The van der Waals surface area contributed by atoms with Gasteiger partial charge in [0, 0.05) is 55.6 Å². The van der Waals surface area contributed by atoms with Crippen molar-refractivity contribution in [2.24, 2.45) is 11.1 Å². The number of aromatic nitrogens is 4. The molecule has 1 aromatic carbocycles. The summed E-state index contributed by atoms with van der Waals surface area (Å²) in [5.41, 5.74) is 10.3. The van der Waals surface area contributed by atoms with Crippen LogP contribution in [0.15, 0.2) is 43.0 Å². The molecule has 0 atom stereocenters. The lowest BCUT2D eigenvalue weighted by Crippen LogP contribution is -2.71. The summed E-state index contributed by atoms with van der Waals surface area (Å²) in [5.74, 6) is -0.662. The Morgan fingerprint density at radius 1 is 1.11 bits per heavy atom. The lowest BCUT2D eigenvalue weighted by atomic mass is 9.73. The number of hydrogen-bond acceptors (Lipinski definition) is 6. The Balaban J connectivity index is 1.36. The first-order valence-electron chi connectivity index (χ1n) is 11.4. The molecular formula is C25H26FN7O2. The van der Waals surface area contributed by atoms with Crippen molar-refractivity contribution in [3.8, 4) is 22.7 Å². The lowest BCUT2D eigenvalue weighted by Gasteiger charge is -2.60. The van der Waals surface area contributed by atoms with Gasteiger partial charge in [-0.1, -0.05) is 0 Å². The van der Waals surface area contributed by atoms with Crippen LogP contribution < -0.4 is 15.4 Å². The molecule has 10 heteroatoms. The Morgan fingerprint density at radius 3 is 2.57 bits per heavy atom. The minimum atomic E-state index is -0.819. The second kappa shape index (κ2) is 7.54. The minimum Gasteiger partial charge on any atom is -0.494 e. The van der Waals surface area contributed by atoms with Crippen LogP contribution >= 0.6 is 0 Å². The van der Waals surface area contributed by atoms with Crippen LogP contribution in [-0.2, 0) is 0 Å². The molecule has 5 heterocycles. The molecule has 0 saturated carbocycles. The number of fused-ring (bicyclic) bond motifs is 1. The number of nitrogens with zero attached hydrogens (tertiary/aromatic N) is 6. The number of carbonyl (C=O) groups is 1. The first kappa shape index (κ1) is 21.6. The highest BCUT2D eigenvalue weighted by Gasteiger charge is 2.51. The molecule has 2 aliphatic heterocycles. The molecule has 2 aliphatic rings. The highest BCUT2D eigenvalue weighted by Crippen LogP contribution is 2.44. The van der Waals surface area contributed by atoms with E-state index in [1.165, 1.54) is 12.1 Å². The zero-order valence-corrected chi connectivity index (χ0v) is 19.8. The van der Waals surface area contributed by atoms with Gasteiger partial charge in [0.25, 0.3) is 5.91 Å². The van der Waals surface area contributed by atoms with Gasteiger partial charge in [-0.25, -0.2) is 14.1 Å². The molecule has 1 amide bonds. The van der Waals surface area contributed by atoms with Crippen LogP contribution in [0.4, 0.5) is 10.1 Å². The summed E-state index contributed by atoms with van der Waals surface area (Å²) in [6, 6.07) is 4.67. The number of anilines is 1. The number of amides is 1. The number of pyridine rings is 1. The number of methoxy groups -OCH3 is 1. The van der Waals surface area contributed by atoms with Crippen molar-refractivity contribution in [2.75, 3.05) is 45.2 Å². The zero-order chi connectivity index (χ0) is 24.5. The number of hydrogen-bond donors (Lipinski definition) is 1. The summed E-state index contributed by atoms with van der Waals surface area (Å²) in [5, 5.41) is 4.46. The van der Waals surface area contributed by atoms with E-state index in [0.717, 1.165) is 54.5 Å². The van der Waals surface area contributed by atoms with E-state index < -0.39 is 11.7 Å². The van der Waals surface area contributed by atoms with Crippen molar-refractivity contribution < 1.29 is 13.9 Å². The first-order valence-corrected chi connectivity index (χ1v) is 11.4. The lowest BCUT2D eigenvalue weighted by molar-refractivity contribution is -0.00262. The number of aryl methyl sites for hydroxylation is 1. The van der Waals surface area contributed by atoms with Crippen molar-refractivity contribution in [1.29, 1.82) is 0 Å². The van der Waals surface area contributed by atoms with E-state index in [1.54, 1.807) is 31.1 Å². The van der Waals surface area contributed by atoms with E-state index in [1.807, 2.05) is 16.7 Å². The number of benzene rings is 1. The molecule has 0 aliphatic carbocycles. The molecule has 2 N–H and O–H groups in total. The molecule has 0 radical (unpaired) electrons. The van der Waals surface area contributed by atoms with Gasteiger partial charge in [0.15, 0.2) is 0 Å². The molecule has 180 valence electrons. The standard InChI is InChI=1S/C25H26FN7O2/c1-15-4-18(26)17(24(27)34)5-19(15)33-9-16(7-29-33)20-8-28-23-6-22(35-3)21(10-32(20)23)31-13-25(14-31)11-30(2)12-25/h4-10H,11-14H2,1-3H3,(H2,27,34). The van der Waals surface area contributed by atoms with Crippen molar-refractivity contribution in [3.63, 3.8) is 0 Å². The number of likely N-dealkylation sites (tertiary alicyclic amines) is 1. The number of halogens is 1. The van der Waals surface area contributed by atoms with Crippen LogP contribution in [0.25, 0.3) is 22.6 Å². The van der Waals surface area contributed by atoms with Crippen molar-refractivity contribution in [3.05, 3.63) is 59.9 Å². The third-order valence-corrected chi connectivity index (χ3v) is 7.09. The maximum Gasteiger partial charge on any atom is 0.251 e. The minimum absolute atomic E-state index is 0.167. The fourth-order valence-electron chi connectivity index (χ4n) is 5.53. The molecule has 2 saturated heterocycles. The molecular weight excluding hydrogens is 449 g/mol. The molecule has 2 fully saturated rings. The average Bonchev–Trinajstić information content (AvgIpc) is 3.40. The Kier molecular flexibility index (Phi) is 4.65. The van der Waals surface area contributed by atoms with Gasteiger partial charge < -0.3 is 20.3 Å². The van der Waals surface area contributed by atoms with Crippen LogP contribution in [0, 0.1) is 18.2 Å². The number of carbonyl (C=O) groups excluding carboxylic acids is 1. The predicted octanol–water partition coefficient (Wildman–Crippen LogP) is 2.49. The maximum absolute atomic E-state index is 14.1. The van der Waals surface area contributed by atoms with E-state index >= 15 is 0 Å². The van der Waals surface area contributed by atoms with Gasteiger partial charge in [-0.3, -0.25) is 9.20 Å². The Labute approximate surface area is 201 Å². The maximum atomic E-state index is 14.1. The number of ether oxygens (including phenoxy) is 1. The second-order valence-corrected chi connectivity index (χ2v) is 9.78. The first-order chi connectivity index (χ1) is 16.8. The van der Waals surface area contributed by atoms with Gasteiger partial charge in [0.2, 0.25) is 0 Å². The van der Waals surface area contributed by atoms with Crippen LogP contribution in [-0.4, -0.2) is 70.3 Å². The molecule has 3 aromatic heterocycles. The molecule has 4 aromatic rings. The van der Waals surface area contributed by atoms with E-state index in [9.17, 15) is 9.18 Å². The van der Waals surface area contributed by atoms with Crippen molar-refractivity contribution >= 4 is 17.2 Å². The number of nitrogens with two attached hydrogens (primary N) is 1. The van der Waals surface area contributed by atoms with Gasteiger partial charge >= 0.3 is 0 Å². The van der Waals surface area contributed by atoms with Gasteiger partial charge in [-0.15, -0.1) is 0 Å². The van der Waals surface area contributed by atoms with E-state index in [0.29, 0.717) is 16.7 Å². The van der Waals surface area contributed by atoms with Gasteiger partial charge in [-0.2, -0.15) is 5.10 Å². The molecule has 0 bridgehead atoms. The summed E-state index contributed by atoms with van der Waals surface area (Å²) in [7, 11) is 3.84. The van der Waals surface area contributed by atoms with Crippen molar-refractivity contribution in [2.45, 2.75) is 6.92 Å². The molecule has 9 nitrogen and oxygen atoms in total. The van der Waals surface area contributed by atoms with E-state index in [4.69, 9.17) is 10.5 Å². The third kappa shape index (κ3) is 3.35. The number of primary amides is 1. The fraction of sp³-hybridized carbons (Fsp3) is 0.320. The van der Waals surface area contributed by atoms with Gasteiger partial charge in [-0.05, 0) is 31.7 Å². The molecule has 1 spiro atoms. The quantitative estimate of drug-likeness (QED) is 0.477. The summed E-state index contributed by atoms with van der Waals surface area (Å²) in [6.45, 7) is 6.03. The van der Waals surface area contributed by atoms with E-state index in [2.05, 4.69) is 33.1 Å².